The zero-order valence-corrected chi connectivity index (χ0v) is 11.2. The lowest BCUT2D eigenvalue weighted by Crippen LogP contribution is -2.30. The first-order chi connectivity index (χ1) is 9.22. The fourth-order valence-corrected chi connectivity index (χ4v) is 2.29. The van der Waals surface area contributed by atoms with E-state index >= 15 is 0 Å². The summed E-state index contributed by atoms with van der Waals surface area (Å²) in [4.78, 5) is 25.3. The van der Waals surface area contributed by atoms with Gasteiger partial charge in [-0.05, 0) is 30.7 Å². The Kier molecular flexibility index (Phi) is 3.95. The highest BCUT2D eigenvalue weighted by Crippen LogP contribution is 2.23. The Morgan fingerprint density at radius 1 is 1.05 bits per heavy atom. The van der Waals surface area contributed by atoms with Crippen molar-refractivity contribution in [3.05, 3.63) is 47.5 Å². The van der Waals surface area contributed by atoms with Crippen molar-refractivity contribution >= 4 is 23.0 Å². The van der Waals surface area contributed by atoms with Crippen LogP contribution in [-0.2, 0) is 0 Å². The van der Waals surface area contributed by atoms with Crippen LogP contribution in [0.15, 0.2) is 36.4 Å². The zero-order chi connectivity index (χ0) is 13.8. The van der Waals surface area contributed by atoms with Crippen LogP contribution in [0.5, 0.6) is 0 Å². The lowest BCUT2D eigenvalue weighted by Gasteiger charge is -2.19. The van der Waals surface area contributed by atoms with Crippen LogP contribution in [0.2, 0.25) is 0 Å². The molecule has 0 aliphatic heterocycles. The predicted molar refractivity (Wildman–Crippen MR) is 76.6 cm³/mol. The maximum Gasteiger partial charge on any atom is 0.254 e. The van der Waals surface area contributed by atoms with Crippen molar-refractivity contribution < 1.29 is 9.59 Å². The Labute approximate surface area is 112 Å². The van der Waals surface area contributed by atoms with Crippen molar-refractivity contribution in [3.63, 3.8) is 0 Å². The molecule has 0 fully saturated rings. The maximum atomic E-state index is 12.5. The monoisotopic (exact) mass is 255 g/mol. The van der Waals surface area contributed by atoms with E-state index in [0.29, 0.717) is 24.2 Å². The minimum absolute atomic E-state index is 0.0126. The first-order valence-electron chi connectivity index (χ1n) is 6.49. The molecule has 0 spiro atoms. The lowest BCUT2D eigenvalue weighted by atomic mass is 9.99. The molecule has 0 aromatic heterocycles. The van der Waals surface area contributed by atoms with Crippen LogP contribution >= 0.6 is 0 Å². The van der Waals surface area contributed by atoms with Crippen molar-refractivity contribution in [2.24, 2.45) is 0 Å². The number of carbonyl (C=O) groups excluding carboxylic acids is 2. The van der Waals surface area contributed by atoms with Crippen LogP contribution in [0.4, 0.5) is 0 Å². The average molecular weight is 255 g/mol. The number of amides is 1. The van der Waals surface area contributed by atoms with E-state index in [-0.39, 0.29) is 5.91 Å². The van der Waals surface area contributed by atoms with Gasteiger partial charge in [-0.1, -0.05) is 30.3 Å². The van der Waals surface area contributed by atoms with E-state index in [0.717, 1.165) is 17.1 Å². The smallest absolute Gasteiger partial charge is 0.254 e. The van der Waals surface area contributed by atoms with Crippen LogP contribution in [0.25, 0.3) is 10.8 Å². The van der Waals surface area contributed by atoms with E-state index in [1.54, 1.807) is 17.0 Å². The van der Waals surface area contributed by atoms with Gasteiger partial charge in [-0.25, -0.2) is 0 Å². The minimum Gasteiger partial charge on any atom is -0.339 e. The molecule has 0 saturated carbocycles. The Hall–Kier alpha value is -2.16. The molecule has 2 aromatic rings. The normalized spacial score (nSPS) is 10.4. The molecule has 0 bridgehead atoms. The van der Waals surface area contributed by atoms with Crippen LogP contribution < -0.4 is 0 Å². The van der Waals surface area contributed by atoms with E-state index in [9.17, 15) is 9.59 Å². The second-order valence-electron chi connectivity index (χ2n) is 4.34. The Bertz CT molecular complexity index is 615. The second kappa shape index (κ2) is 5.65. The number of hydrogen-bond donors (Lipinski definition) is 0. The van der Waals surface area contributed by atoms with E-state index in [2.05, 4.69) is 0 Å². The van der Waals surface area contributed by atoms with Gasteiger partial charge in [-0.2, -0.15) is 0 Å². The number of nitrogens with zero attached hydrogens (tertiary/aromatic N) is 1. The first kappa shape index (κ1) is 13.3. The third-order valence-corrected chi connectivity index (χ3v) is 3.37. The zero-order valence-electron chi connectivity index (χ0n) is 11.2. The molecule has 2 rings (SSSR count). The van der Waals surface area contributed by atoms with Crippen molar-refractivity contribution in [3.8, 4) is 0 Å². The number of aldehydes is 1. The predicted octanol–water partition coefficient (Wildman–Crippen LogP) is 3.13. The second-order valence-corrected chi connectivity index (χ2v) is 4.34. The molecule has 0 unspecified atom stereocenters. The molecule has 3 nitrogen and oxygen atoms in total. The van der Waals surface area contributed by atoms with E-state index in [4.69, 9.17) is 0 Å². The van der Waals surface area contributed by atoms with Crippen LogP contribution in [0.3, 0.4) is 0 Å². The molecule has 0 aliphatic rings. The molecular weight excluding hydrogens is 238 g/mol. The SMILES string of the molecule is CCN(CC)C(=O)c1ccc(C=O)c2ccccc12. The van der Waals surface area contributed by atoms with Gasteiger partial charge in [0.1, 0.15) is 0 Å². The van der Waals surface area contributed by atoms with Gasteiger partial charge in [0.15, 0.2) is 6.29 Å². The summed E-state index contributed by atoms with van der Waals surface area (Å²) in [5, 5.41) is 1.67. The van der Waals surface area contributed by atoms with Crippen LogP contribution in [0.1, 0.15) is 34.6 Å². The third kappa shape index (κ3) is 2.36. The number of carbonyl (C=O) groups is 2. The number of fused-ring (bicyclic) bond motifs is 1. The van der Waals surface area contributed by atoms with Crippen LogP contribution in [0, 0.1) is 0 Å². The van der Waals surface area contributed by atoms with Gasteiger partial charge in [0.05, 0.1) is 0 Å². The van der Waals surface area contributed by atoms with Crippen molar-refractivity contribution in [1.29, 1.82) is 0 Å². The molecule has 0 atom stereocenters. The van der Waals surface area contributed by atoms with E-state index in [1.807, 2.05) is 38.1 Å². The van der Waals surface area contributed by atoms with E-state index in [1.165, 1.54) is 0 Å². The quantitative estimate of drug-likeness (QED) is 0.787. The fourth-order valence-electron chi connectivity index (χ4n) is 2.29. The Morgan fingerprint density at radius 2 is 1.68 bits per heavy atom. The Morgan fingerprint density at radius 3 is 2.26 bits per heavy atom. The van der Waals surface area contributed by atoms with Gasteiger partial charge in [0.25, 0.3) is 5.91 Å². The summed E-state index contributed by atoms with van der Waals surface area (Å²) < 4.78 is 0. The minimum atomic E-state index is 0.0126. The topological polar surface area (TPSA) is 37.4 Å². The Balaban J connectivity index is 2.62. The fraction of sp³-hybridized carbons (Fsp3) is 0.250. The summed E-state index contributed by atoms with van der Waals surface area (Å²) >= 11 is 0. The average Bonchev–Trinajstić information content (AvgIpc) is 2.47. The first-order valence-corrected chi connectivity index (χ1v) is 6.49. The van der Waals surface area contributed by atoms with Crippen molar-refractivity contribution in [2.75, 3.05) is 13.1 Å². The standard InChI is InChI=1S/C16H17NO2/c1-3-17(4-2)16(19)15-10-9-12(11-18)13-7-5-6-8-14(13)15/h5-11H,3-4H2,1-2H3. The highest BCUT2D eigenvalue weighted by Gasteiger charge is 2.16. The molecule has 2 aromatic carbocycles. The highest BCUT2D eigenvalue weighted by atomic mass is 16.2. The summed E-state index contributed by atoms with van der Waals surface area (Å²) in [5.41, 5.74) is 1.27. The molecule has 0 N–H and O–H groups in total. The van der Waals surface area contributed by atoms with Crippen molar-refractivity contribution in [1.82, 2.24) is 4.90 Å². The third-order valence-electron chi connectivity index (χ3n) is 3.37. The molecule has 0 radical (unpaired) electrons. The van der Waals surface area contributed by atoms with Gasteiger partial charge in [-0.3, -0.25) is 9.59 Å². The molecule has 19 heavy (non-hydrogen) atoms. The number of rotatable bonds is 4. The van der Waals surface area contributed by atoms with E-state index < -0.39 is 0 Å². The van der Waals surface area contributed by atoms with Gasteiger partial charge >= 0.3 is 0 Å². The number of hydrogen-bond acceptors (Lipinski definition) is 2. The maximum absolute atomic E-state index is 12.5. The van der Waals surface area contributed by atoms with Gasteiger partial charge in [0.2, 0.25) is 0 Å². The number of benzene rings is 2. The molecule has 98 valence electrons. The summed E-state index contributed by atoms with van der Waals surface area (Å²) in [7, 11) is 0. The highest BCUT2D eigenvalue weighted by molar-refractivity contribution is 6.10. The van der Waals surface area contributed by atoms with Gasteiger partial charge in [0, 0.05) is 24.2 Å². The lowest BCUT2D eigenvalue weighted by molar-refractivity contribution is 0.0774. The summed E-state index contributed by atoms with van der Waals surface area (Å²) in [6, 6.07) is 11.0. The van der Waals surface area contributed by atoms with Crippen LogP contribution in [-0.4, -0.2) is 30.2 Å². The van der Waals surface area contributed by atoms with Gasteiger partial charge < -0.3 is 4.90 Å². The summed E-state index contributed by atoms with van der Waals surface area (Å²) in [6.07, 6.45) is 0.827. The summed E-state index contributed by atoms with van der Waals surface area (Å²) in [6.45, 7) is 5.28. The largest absolute Gasteiger partial charge is 0.339 e. The molecule has 0 saturated heterocycles. The molecule has 0 aliphatic carbocycles. The molecule has 0 heterocycles. The van der Waals surface area contributed by atoms with Gasteiger partial charge in [-0.15, -0.1) is 0 Å². The summed E-state index contributed by atoms with van der Waals surface area (Å²) in [5.74, 6) is 0.0126. The molecular formula is C16H17NO2. The molecule has 1 amide bonds. The van der Waals surface area contributed by atoms with Crippen molar-refractivity contribution in [2.45, 2.75) is 13.8 Å². The molecule has 3 heteroatoms.